The number of amides is 1. The molecule has 0 spiro atoms. The van der Waals surface area contributed by atoms with Crippen LogP contribution in [-0.4, -0.2) is 30.9 Å². The number of carbonyl (C=O) groups excluding carboxylic acids is 2. The SMILES string of the molecule is N[C@@H](C[C@@H]1CCNC1=O)C(=O)COc1ccc(F)cc1F. The van der Waals surface area contributed by atoms with Crippen LogP contribution in [0.4, 0.5) is 8.78 Å². The van der Waals surface area contributed by atoms with Gasteiger partial charge in [0.2, 0.25) is 5.91 Å². The first kappa shape index (κ1) is 15.4. The van der Waals surface area contributed by atoms with Crippen molar-refractivity contribution >= 4 is 11.7 Å². The summed E-state index contributed by atoms with van der Waals surface area (Å²) in [6.07, 6.45) is 0.882. The number of ether oxygens (including phenoxy) is 1. The molecule has 1 saturated heterocycles. The molecule has 5 nitrogen and oxygen atoms in total. The summed E-state index contributed by atoms with van der Waals surface area (Å²) < 4.78 is 31.0. The molecular weight excluding hydrogens is 282 g/mol. The molecule has 2 rings (SSSR count). The lowest BCUT2D eigenvalue weighted by atomic mass is 9.97. The molecule has 0 bridgehead atoms. The fraction of sp³-hybridized carbons (Fsp3) is 0.429. The fourth-order valence-electron chi connectivity index (χ4n) is 2.16. The third-order valence-corrected chi connectivity index (χ3v) is 3.38. The molecule has 1 amide bonds. The first-order chi connectivity index (χ1) is 9.97. The molecule has 0 unspecified atom stereocenters. The Balaban J connectivity index is 1.84. The van der Waals surface area contributed by atoms with E-state index in [1.165, 1.54) is 0 Å². The molecule has 0 radical (unpaired) electrons. The maximum absolute atomic E-state index is 13.3. The van der Waals surface area contributed by atoms with Gasteiger partial charge in [-0.2, -0.15) is 0 Å². The number of hydrogen-bond acceptors (Lipinski definition) is 4. The van der Waals surface area contributed by atoms with Gasteiger partial charge >= 0.3 is 0 Å². The number of carbonyl (C=O) groups is 2. The maximum atomic E-state index is 13.3. The molecule has 1 aliphatic heterocycles. The quantitative estimate of drug-likeness (QED) is 0.812. The van der Waals surface area contributed by atoms with E-state index >= 15 is 0 Å². The van der Waals surface area contributed by atoms with Crippen molar-refractivity contribution in [3.05, 3.63) is 29.8 Å². The largest absolute Gasteiger partial charge is 0.483 e. The Bertz CT molecular complexity index is 551. The lowest BCUT2D eigenvalue weighted by molar-refractivity contribution is -0.124. The van der Waals surface area contributed by atoms with Gasteiger partial charge in [0.1, 0.15) is 12.4 Å². The molecule has 3 N–H and O–H groups in total. The highest BCUT2D eigenvalue weighted by atomic mass is 19.1. The summed E-state index contributed by atoms with van der Waals surface area (Å²) in [4.78, 5) is 23.2. The second kappa shape index (κ2) is 6.62. The van der Waals surface area contributed by atoms with Crippen LogP contribution in [0.3, 0.4) is 0 Å². The Morgan fingerprint density at radius 2 is 2.24 bits per heavy atom. The predicted octanol–water partition coefficient (Wildman–Crippen LogP) is 0.766. The van der Waals surface area contributed by atoms with E-state index in [9.17, 15) is 18.4 Å². The van der Waals surface area contributed by atoms with Crippen LogP contribution in [0, 0.1) is 17.6 Å². The molecule has 1 aromatic rings. The minimum absolute atomic E-state index is 0.108. The summed E-state index contributed by atoms with van der Waals surface area (Å²) in [5.74, 6) is -2.63. The molecule has 0 saturated carbocycles. The van der Waals surface area contributed by atoms with Crippen LogP contribution in [0.1, 0.15) is 12.8 Å². The van der Waals surface area contributed by atoms with Crippen molar-refractivity contribution < 1.29 is 23.1 Å². The maximum Gasteiger partial charge on any atom is 0.223 e. The zero-order chi connectivity index (χ0) is 15.4. The molecule has 2 atom stereocenters. The summed E-state index contributed by atoms with van der Waals surface area (Å²) in [6.45, 7) is 0.166. The third-order valence-electron chi connectivity index (χ3n) is 3.38. The Labute approximate surface area is 120 Å². The summed E-state index contributed by atoms with van der Waals surface area (Å²) >= 11 is 0. The van der Waals surface area contributed by atoms with Crippen LogP contribution in [-0.2, 0) is 9.59 Å². The molecule has 21 heavy (non-hydrogen) atoms. The Hall–Kier alpha value is -2.02. The lowest BCUT2D eigenvalue weighted by Crippen LogP contribution is -2.37. The van der Waals surface area contributed by atoms with E-state index in [0.29, 0.717) is 19.0 Å². The molecule has 114 valence electrons. The normalized spacial score (nSPS) is 19.2. The van der Waals surface area contributed by atoms with Crippen molar-refractivity contribution in [1.29, 1.82) is 0 Å². The second-order valence-corrected chi connectivity index (χ2v) is 4.95. The van der Waals surface area contributed by atoms with Gasteiger partial charge in [-0.05, 0) is 25.0 Å². The zero-order valence-corrected chi connectivity index (χ0v) is 11.3. The summed E-state index contributed by atoms with van der Waals surface area (Å²) in [5.41, 5.74) is 5.72. The van der Waals surface area contributed by atoms with Crippen molar-refractivity contribution in [1.82, 2.24) is 5.32 Å². The number of nitrogens with two attached hydrogens (primary N) is 1. The van der Waals surface area contributed by atoms with Crippen LogP contribution in [0.5, 0.6) is 5.75 Å². The standard InChI is InChI=1S/C14H16F2N2O3/c15-9-1-2-13(10(16)6-9)21-7-12(19)11(17)5-8-3-4-18-14(8)20/h1-2,6,8,11H,3-5,7,17H2,(H,18,20)/t8-,11-/m0/s1. The molecule has 0 aliphatic carbocycles. The van der Waals surface area contributed by atoms with Gasteiger partial charge < -0.3 is 15.8 Å². The van der Waals surface area contributed by atoms with Gasteiger partial charge in [0.05, 0.1) is 6.04 Å². The summed E-state index contributed by atoms with van der Waals surface area (Å²) in [6, 6.07) is 1.96. The lowest BCUT2D eigenvalue weighted by Gasteiger charge is -2.14. The molecule has 7 heteroatoms. The number of rotatable bonds is 6. The highest BCUT2D eigenvalue weighted by Gasteiger charge is 2.28. The molecule has 1 aliphatic rings. The Morgan fingerprint density at radius 1 is 1.48 bits per heavy atom. The van der Waals surface area contributed by atoms with Gasteiger partial charge in [-0.3, -0.25) is 9.59 Å². The van der Waals surface area contributed by atoms with Crippen molar-refractivity contribution in [3.63, 3.8) is 0 Å². The van der Waals surface area contributed by atoms with Crippen LogP contribution in [0.15, 0.2) is 18.2 Å². The van der Waals surface area contributed by atoms with Crippen LogP contribution < -0.4 is 15.8 Å². The van der Waals surface area contributed by atoms with Crippen LogP contribution in [0.2, 0.25) is 0 Å². The van der Waals surface area contributed by atoms with Gasteiger partial charge in [-0.1, -0.05) is 0 Å². The smallest absolute Gasteiger partial charge is 0.223 e. The number of benzene rings is 1. The van der Waals surface area contributed by atoms with E-state index in [0.717, 1.165) is 12.1 Å². The Morgan fingerprint density at radius 3 is 2.86 bits per heavy atom. The van der Waals surface area contributed by atoms with E-state index in [2.05, 4.69) is 5.32 Å². The zero-order valence-electron chi connectivity index (χ0n) is 11.3. The van der Waals surface area contributed by atoms with Crippen LogP contribution in [0.25, 0.3) is 0 Å². The van der Waals surface area contributed by atoms with Crippen molar-refractivity contribution in [2.45, 2.75) is 18.9 Å². The van der Waals surface area contributed by atoms with Gasteiger partial charge in [-0.15, -0.1) is 0 Å². The molecule has 1 aromatic carbocycles. The van der Waals surface area contributed by atoms with Gasteiger partial charge in [-0.25, -0.2) is 8.78 Å². The summed E-state index contributed by atoms with van der Waals surface area (Å²) in [5, 5.41) is 2.66. The molecular formula is C14H16F2N2O3. The van der Waals surface area contributed by atoms with E-state index in [-0.39, 0.29) is 24.0 Å². The van der Waals surface area contributed by atoms with E-state index in [1.807, 2.05) is 0 Å². The van der Waals surface area contributed by atoms with Crippen molar-refractivity contribution in [3.8, 4) is 5.75 Å². The van der Waals surface area contributed by atoms with Gasteiger partial charge in [0.25, 0.3) is 0 Å². The number of ketones is 1. The topological polar surface area (TPSA) is 81.4 Å². The first-order valence-corrected chi connectivity index (χ1v) is 6.61. The summed E-state index contributed by atoms with van der Waals surface area (Å²) in [7, 11) is 0. The number of halogens is 2. The molecule has 0 aromatic heterocycles. The minimum Gasteiger partial charge on any atom is -0.483 e. The monoisotopic (exact) mass is 298 g/mol. The molecule has 1 fully saturated rings. The Kier molecular flexibility index (Phi) is 4.85. The number of nitrogens with one attached hydrogen (secondary N) is 1. The fourth-order valence-corrected chi connectivity index (χ4v) is 2.16. The van der Waals surface area contributed by atoms with Crippen LogP contribution >= 0.6 is 0 Å². The highest BCUT2D eigenvalue weighted by Crippen LogP contribution is 2.18. The van der Waals surface area contributed by atoms with Crippen molar-refractivity contribution in [2.75, 3.05) is 13.2 Å². The second-order valence-electron chi connectivity index (χ2n) is 4.95. The molecule has 1 heterocycles. The van der Waals surface area contributed by atoms with E-state index in [1.54, 1.807) is 0 Å². The average molecular weight is 298 g/mol. The van der Waals surface area contributed by atoms with E-state index in [4.69, 9.17) is 10.5 Å². The van der Waals surface area contributed by atoms with Gasteiger partial charge in [0.15, 0.2) is 17.3 Å². The highest BCUT2D eigenvalue weighted by molar-refractivity contribution is 5.87. The number of Topliss-reactive ketones (excluding diaryl/α,β-unsaturated/α-hetero) is 1. The van der Waals surface area contributed by atoms with Crippen molar-refractivity contribution in [2.24, 2.45) is 11.7 Å². The number of hydrogen-bond donors (Lipinski definition) is 2. The average Bonchev–Trinajstić information content (AvgIpc) is 2.83. The minimum atomic E-state index is -0.883. The third kappa shape index (κ3) is 3.98. The van der Waals surface area contributed by atoms with Gasteiger partial charge in [0, 0.05) is 18.5 Å². The van der Waals surface area contributed by atoms with E-state index < -0.39 is 30.1 Å². The predicted molar refractivity (Wildman–Crippen MR) is 70.6 cm³/mol. The first-order valence-electron chi connectivity index (χ1n) is 6.61.